The van der Waals surface area contributed by atoms with E-state index in [1.807, 2.05) is 0 Å². The lowest BCUT2D eigenvalue weighted by Crippen LogP contribution is -2.49. The Balaban J connectivity index is 2.31. The van der Waals surface area contributed by atoms with Crippen molar-refractivity contribution in [1.82, 2.24) is 0 Å². The third kappa shape index (κ3) is 1.23. The molecule has 0 aromatic rings. The Kier molecular flexibility index (Phi) is 2.24. The van der Waals surface area contributed by atoms with Crippen molar-refractivity contribution in [2.24, 2.45) is 17.3 Å². The van der Waals surface area contributed by atoms with Gasteiger partial charge in [-0.15, -0.1) is 0 Å². The molecule has 0 bridgehead atoms. The van der Waals surface area contributed by atoms with Crippen molar-refractivity contribution in [3.05, 3.63) is 0 Å². The second kappa shape index (κ2) is 3.18. The number of hydrogen-bond donors (Lipinski definition) is 0. The third-order valence-corrected chi connectivity index (χ3v) is 4.49. The summed E-state index contributed by atoms with van der Waals surface area (Å²) in [5, 5.41) is 0. The summed E-state index contributed by atoms with van der Waals surface area (Å²) in [5.74, 6) is 1.15. The zero-order chi connectivity index (χ0) is 10.3. The summed E-state index contributed by atoms with van der Waals surface area (Å²) in [6.07, 6.45) is 4.23. The maximum Gasteiger partial charge on any atom is 0.146 e. The van der Waals surface area contributed by atoms with Crippen molar-refractivity contribution in [2.75, 3.05) is 0 Å². The molecule has 0 radical (unpaired) electrons. The van der Waals surface area contributed by atoms with E-state index < -0.39 is 0 Å². The molecule has 0 aromatic carbocycles. The Morgan fingerprint density at radius 3 is 2.71 bits per heavy atom. The lowest BCUT2D eigenvalue weighted by molar-refractivity contribution is -0.147. The Labute approximate surface area is 85.1 Å². The van der Waals surface area contributed by atoms with Crippen molar-refractivity contribution in [1.29, 1.82) is 0 Å². The van der Waals surface area contributed by atoms with Crippen LogP contribution < -0.4 is 0 Å². The van der Waals surface area contributed by atoms with E-state index in [1.54, 1.807) is 0 Å². The van der Waals surface area contributed by atoms with Crippen LogP contribution in [0.3, 0.4) is 0 Å². The Morgan fingerprint density at radius 2 is 2.00 bits per heavy atom. The molecule has 78 valence electrons. The fourth-order valence-electron chi connectivity index (χ4n) is 3.21. The van der Waals surface area contributed by atoms with Gasteiger partial charge in [-0.1, -0.05) is 20.3 Å². The maximum atomic E-state index is 12.0. The lowest BCUT2D eigenvalue weighted by Gasteiger charge is -2.47. The van der Waals surface area contributed by atoms with Crippen LogP contribution in [0.2, 0.25) is 0 Å². The molecule has 0 aliphatic heterocycles. The second-order valence-electron chi connectivity index (χ2n) is 5.15. The number of carbonyl (C=O) groups is 2. The summed E-state index contributed by atoms with van der Waals surface area (Å²) < 4.78 is 0. The van der Waals surface area contributed by atoms with Crippen molar-refractivity contribution in [3.8, 4) is 0 Å². The molecule has 2 saturated carbocycles. The van der Waals surface area contributed by atoms with Gasteiger partial charge in [0.25, 0.3) is 0 Å². The minimum absolute atomic E-state index is 0.159. The lowest BCUT2D eigenvalue weighted by atomic mass is 9.55. The normalized spacial score (nSPS) is 43.6. The van der Waals surface area contributed by atoms with Crippen LogP contribution in [0.1, 0.15) is 46.0 Å². The monoisotopic (exact) mass is 194 g/mol. The van der Waals surface area contributed by atoms with Crippen molar-refractivity contribution < 1.29 is 9.59 Å². The summed E-state index contributed by atoms with van der Waals surface area (Å²) in [4.78, 5) is 23.3. The van der Waals surface area contributed by atoms with Crippen LogP contribution in [0.15, 0.2) is 0 Å². The van der Waals surface area contributed by atoms with Gasteiger partial charge in [0, 0.05) is 11.8 Å². The molecule has 3 atom stereocenters. The summed E-state index contributed by atoms with van der Waals surface area (Å²) in [7, 11) is 0. The predicted octanol–water partition coefficient (Wildman–Crippen LogP) is 2.36. The minimum Gasteiger partial charge on any atom is -0.299 e. The minimum atomic E-state index is -0.188. The molecule has 0 heterocycles. The number of ketones is 2. The van der Waals surface area contributed by atoms with Gasteiger partial charge in [-0.2, -0.15) is 0 Å². The van der Waals surface area contributed by atoms with E-state index in [4.69, 9.17) is 0 Å². The average Bonchev–Trinajstić information content (AvgIpc) is 2.11. The van der Waals surface area contributed by atoms with E-state index in [0.717, 1.165) is 12.8 Å². The van der Waals surface area contributed by atoms with Crippen LogP contribution in [-0.2, 0) is 9.59 Å². The van der Waals surface area contributed by atoms with Gasteiger partial charge >= 0.3 is 0 Å². The van der Waals surface area contributed by atoms with E-state index in [2.05, 4.69) is 13.8 Å². The van der Waals surface area contributed by atoms with E-state index >= 15 is 0 Å². The first-order valence-corrected chi connectivity index (χ1v) is 5.60. The molecule has 2 fully saturated rings. The fraction of sp³-hybridized carbons (Fsp3) is 0.833. The van der Waals surface area contributed by atoms with Crippen LogP contribution in [0.5, 0.6) is 0 Å². The van der Waals surface area contributed by atoms with Gasteiger partial charge in [-0.05, 0) is 24.7 Å². The number of fused-ring (bicyclic) bond motifs is 1. The van der Waals surface area contributed by atoms with E-state index in [9.17, 15) is 9.59 Å². The largest absolute Gasteiger partial charge is 0.299 e. The highest BCUT2D eigenvalue weighted by Crippen LogP contribution is 2.50. The molecule has 2 aliphatic rings. The molecule has 14 heavy (non-hydrogen) atoms. The number of Topliss-reactive ketones (excluding diaryl/α,β-unsaturated/α-hetero) is 2. The van der Waals surface area contributed by atoms with Gasteiger partial charge in [0.15, 0.2) is 0 Å². The summed E-state index contributed by atoms with van der Waals surface area (Å²) in [5.41, 5.74) is -0.188. The molecule has 2 nitrogen and oxygen atoms in total. The zero-order valence-electron chi connectivity index (χ0n) is 9.01. The highest BCUT2D eigenvalue weighted by Gasteiger charge is 2.50. The quantitative estimate of drug-likeness (QED) is 0.555. The second-order valence-corrected chi connectivity index (χ2v) is 5.15. The van der Waals surface area contributed by atoms with Gasteiger partial charge < -0.3 is 0 Å². The first-order valence-electron chi connectivity index (χ1n) is 5.60. The van der Waals surface area contributed by atoms with E-state index in [0.29, 0.717) is 18.3 Å². The topological polar surface area (TPSA) is 34.1 Å². The van der Waals surface area contributed by atoms with Crippen LogP contribution in [0.25, 0.3) is 0 Å². The predicted molar refractivity (Wildman–Crippen MR) is 53.9 cm³/mol. The van der Waals surface area contributed by atoms with E-state index in [1.165, 1.54) is 6.42 Å². The zero-order valence-corrected chi connectivity index (χ0v) is 9.01. The van der Waals surface area contributed by atoms with Gasteiger partial charge in [-0.25, -0.2) is 0 Å². The molecule has 0 N–H and O–H groups in total. The molecule has 2 heteroatoms. The Bertz CT molecular complexity index is 282. The molecular formula is C12H18O2. The number of carbonyl (C=O) groups excluding carboxylic acids is 2. The maximum absolute atomic E-state index is 12.0. The molecule has 2 rings (SSSR count). The summed E-state index contributed by atoms with van der Waals surface area (Å²) in [6, 6.07) is 0. The van der Waals surface area contributed by atoms with Gasteiger partial charge in [-0.3, -0.25) is 9.59 Å². The molecule has 2 aliphatic carbocycles. The number of hydrogen-bond acceptors (Lipinski definition) is 2. The Morgan fingerprint density at radius 1 is 1.29 bits per heavy atom. The average molecular weight is 194 g/mol. The summed E-state index contributed by atoms with van der Waals surface area (Å²) in [6.45, 7) is 4.25. The molecule has 0 aromatic heterocycles. The van der Waals surface area contributed by atoms with Crippen molar-refractivity contribution in [3.63, 3.8) is 0 Å². The van der Waals surface area contributed by atoms with Crippen molar-refractivity contribution >= 4 is 11.6 Å². The highest BCUT2D eigenvalue weighted by atomic mass is 16.2. The van der Waals surface area contributed by atoms with Gasteiger partial charge in [0.2, 0.25) is 0 Å². The van der Waals surface area contributed by atoms with Crippen LogP contribution in [0, 0.1) is 17.3 Å². The third-order valence-electron chi connectivity index (χ3n) is 4.49. The first-order chi connectivity index (χ1) is 6.55. The highest BCUT2D eigenvalue weighted by molar-refractivity contribution is 6.04. The van der Waals surface area contributed by atoms with Gasteiger partial charge in [0.1, 0.15) is 11.6 Å². The molecular weight excluding hydrogens is 176 g/mol. The number of rotatable bonds is 0. The molecule has 0 amide bonds. The van der Waals surface area contributed by atoms with E-state index in [-0.39, 0.29) is 23.4 Å². The fourth-order valence-corrected chi connectivity index (χ4v) is 3.21. The van der Waals surface area contributed by atoms with Gasteiger partial charge in [0.05, 0.1) is 6.42 Å². The molecule has 0 unspecified atom stereocenters. The SMILES string of the molecule is C[C@H]1CCC[C@@H]2CC(=O)CC(=O)[C@@]21C. The first kappa shape index (κ1) is 9.88. The molecule has 0 spiro atoms. The van der Waals surface area contributed by atoms with Crippen LogP contribution in [-0.4, -0.2) is 11.6 Å². The Hall–Kier alpha value is -0.660. The standard InChI is InChI=1S/C12H18O2/c1-8-4-3-5-9-6-10(13)7-11(14)12(8,9)2/h8-9H,3-7H2,1-2H3/t8-,9+,12+/m0/s1. The van der Waals surface area contributed by atoms with Crippen LogP contribution >= 0.6 is 0 Å². The van der Waals surface area contributed by atoms with Crippen molar-refractivity contribution in [2.45, 2.75) is 46.0 Å². The van der Waals surface area contributed by atoms with Crippen LogP contribution in [0.4, 0.5) is 0 Å². The summed E-state index contributed by atoms with van der Waals surface area (Å²) >= 11 is 0. The molecule has 0 saturated heterocycles. The smallest absolute Gasteiger partial charge is 0.146 e.